The third-order valence-electron chi connectivity index (χ3n) is 3.37. The van der Waals surface area contributed by atoms with Gasteiger partial charge in [-0.3, -0.25) is 0 Å². The summed E-state index contributed by atoms with van der Waals surface area (Å²) in [5.74, 6) is 1.30. The Labute approximate surface area is 143 Å². The Kier molecular flexibility index (Phi) is 5.20. The number of hydrogen-bond acceptors (Lipinski definition) is 5. The normalized spacial score (nSPS) is 13.2. The lowest BCUT2D eigenvalue weighted by Gasteiger charge is -2.14. The number of carbonyl (C=O) groups excluding carboxylic acids is 1. The van der Waals surface area contributed by atoms with E-state index in [9.17, 15) is 14.3 Å². The Bertz CT molecular complexity index is 756. The molecule has 0 aliphatic carbocycles. The maximum atomic E-state index is 13.0. The first-order chi connectivity index (χ1) is 12.1. The van der Waals surface area contributed by atoms with E-state index in [1.54, 1.807) is 24.3 Å². The second kappa shape index (κ2) is 7.71. The van der Waals surface area contributed by atoms with Gasteiger partial charge in [-0.15, -0.1) is 0 Å². The zero-order valence-electron chi connectivity index (χ0n) is 13.2. The predicted octanol–water partition coefficient (Wildman–Crippen LogP) is 2.12. The smallest absolute Gasteiger partial charge is 0.319 e. The summed E-state index contributed by atoms with van der Waals surface area (Å²) in [4.78, 5) is 11.7. The topological polar surface area (TPSA) is 89.1 Å². The number of nitrogens with one attached hydrogen (secondary N) is 2. The summed E-state index contributed by atoms with van der Waals surface area (Å²) in [6.07, 6.45) is -0.913. The van der Waals surface area contributed by atoms with Crippen molar-refractivity contribution in [2.24, 2.45) is 0 Å². The van der Waals surface area contributed by atoms with E-state index in [4.69, 9.17) is 14.2 Å². The van der Waals surface area contributed by atoms with Gasteiger partial charge in [-0.1, -0.05) is 6.07 Å². The molecule has 0 saturated carbocycles. The van der Waals surface area contributed by atoms with Crippen molar-refractivity contribution in [3.63, 3.8) is 0 Å². The quantitative estimate of drug-likeness (QED) is 0.744. The molecule has 8 heteroatoms. The Hall–Kier alpha value is -3.00. The van der Waals surface area contributed by atoms with E-state index in [-0.39, 0.29) is 19.9 Å². The molecular weight excluding hydrogens is 331 g/mol. The minimum absolute atomic E-state index is 0.0140. The molecule has 1 heterocycles. The summed E-state index contributed by atoms with van der Waals surface area (Å²) in [6.45, 7) is 0.136. The van der Waals surface area contributed by atoms with Crippen LogP contribution < -0.4 is 24.8 Å². The number of hydrogen-bond donors (Lipinski definition) is 3. The lowest BCUT2D eigenvalue weighted by atomic mass is 10.3. The van der Waals surface area contributed by atoms with Crippen molar-refractivity contribution in [3.8, 4) is 17.2 Å². The second-order valence-corrected chi connectivity index (χ2v) is 5.33. The molecule has 0 radical (unpaired) electrons. The van der Waals surface area contributed by atoms with Gasteiger partial charge in [0.2, 0.25) is 6.79 Å². The number of urea groups is 1. The molecule has 3 rings (SSSR count). The van der Waals surface area contributed by atoms with Crippen LogP contribution in [0.2, 0.25) is 0 Å². The van der Waals surface area contributed by atoms with E-state index in [1.165, 1.54) is 18.2 Å². The fraction of sp³-hybridized carbons (Fsp3) is 0.235. The van der Waals surface area contributed by atoms with Crippen LogP contribution in [0.15, 0.2) is 42.5 Å². The van der Waals surface area contributed by atoms with E-state index < -0.39 is 18.0 Å². The molecule has 132 valence electrons. The average Bonchev–Trinajstić information content (AvgIpc) is 3.06. The first-order valence-corrected chi connectivity index (χ1v) is 7.61. The van der Waals surface area contributed by atoms with Gasteiger partial charge >= 0.3 is 6.03 Å². The molecule has 0 unspecified atom stereocenters. The molecule has 0 fully saturated rings. The Morgan fingerprint density at radius 3 is 2.92 bits per heavy atom. The Morgan fingerprint density at radius 1 is 1.24 bits per heavy atom. The number of ether oxygens (including phenoxy) is 3. The molecule has 25 heavy (non-hydrogen) atoms. The average molecular weight is 348 g/mol. The van der Waals surface area contributed by atoms with Crippen molar-refractivity contribution in [1.29, 1.82) is 0 Å². The van der Waals surface area contributed by atoms with Crippen LogP contribution in [0.3, 0.4) is 0 Å². The first kappa shape index (κ1) is 16.8. The number of anilines is 1. The third kappa shape index (κ3) is 4.74. The largest absolute Gasteiger partial charge is 0.491 e. The summed E-state index contributed by atoms with van der Waals surface area (Å²) in [7, 11) is 0. The van der Waals surface area contributed by atoms with Gasteiger partial charge in [0.15, 0.2) is 11.5 Å². The number of benzene rings is 2. The number of rotatable bonds is 6. The van der Waals surface area contributed by atoms with Gasteiger partial charge in [0.1, 0.15) is 24.3 Å². The summed E-state index contributed by atoms with van der Waals surface area (Å²) in [6, 6.07) is 10.0. The van der Waals surface area contributed by atoms with Crippen molar-refractivity contribution in [3.05, 3.63) is 48.3 Å². The number of carbonyl (C=O) groups is 1. The van der Waals surface area contributed by atoms with Crippen molar-refractivity contribution in [2.45, 2.75) is 6.10 Å². The molecule has 2 aromatic carbocycles. The lowest BCUT2D eigenvalue weighted by molar-refractivity contribution is 0.108. The lowest BCUT2D eigenvalue weighted by Crippen LogP contribution is -2.37. The number of amides is 2. The summed E-state index contributed by atoms with van der Waals surface area (Å²) < 4.78 is 28.9. The van der Waals surface area contributed by atoms with E-state index in [0.29, 0.717) is 22.9 Å². The fourth-order valence-electron chi connectivity index (χ4n) is 2.17. The molecule has 1 atom stereocenters. The SMILES string of the molecule is O=C(NC[C@@H](O)COc1ccc2c(c1)OCO2)Nc1cccc(F)c1. The van der Waals surface area contributed by atoms with Gasteiger partial charge in [0.05, 0.1) is 0 Å². The van der Waals surface area contributed by atoms with E-state index >= 15 is 0 Å². The van der Waals surface area contributed by atoms with Crippen LogP contribution in [0.5, 0.6) is 17.2 Å². The van der Waals surface area contributed by atoms with Gasteiger partial charge in [-0.25, -0.2) is 9.18 Å². The number of halogens is 1. The van der Waals surface area contributed by atoms with Crippen LogP contribution in [0.1, 0.15) is 0 Å². The highest BCUT2D eigenvalue weighted by Crippen LogP contribution is 2.35. The zero-order valence-corrected chi connectivity index (χ0v) is 13.2. The van der Waals surface area contributed by atoms with Gasteiger partial charge in [0, 0.05) is 18.3 Å². The molecule has 2 aromatic rings. The standard InChI is InChI=1S/C17H17FN2O5/c18-11-2-1-3-12(6-11)20-17(22)19-8-13(21)9-23-14-4-5-15-16(7-14)25-10-24-15/h1-7,13,21H,8-10H2,(H2,19,20,22)/t13-/m1/s1. The highest BCUT2D eigenvalue weighted by Gasteiger charge is 2.14. The van der Waals surface area contributed by atoms with Gasteiger partial charge in [0.25, 0.3) is 0 Å². The summed E-state index contributed by atoms with van der Waals surface area (Å²) in [5, 5.41) is 14.8. The highest BCUT2D eigenvalue weighted by atomic mass is 19.1. The molecular formula is C17H17FN2O5. The molecule has 0 bridgehead atoms. The number of aliphatic hydroxyl groups excluding tert-OH is 1. The zero-order chi connectivity index (χ0) is 17.6. The number of aliphatic hydroxyl groups is 1. The van der Waals surface area contributed by atoms with Gasteiger partial charge in [-0.2, -0.15) is 0 Å². The van der Waals surface area contributed by atoms with Crippen LogP contribution in [0.4, 0.5) is 14.9 Å². The molecule has 0 spiro atoms. The van der Waals surface area contributed by atoms with Crippen molar-refractivity contribution >= 4 is 11.7 Å². The Morgan fingerprint density at radius 2 is 2.08 bits per heavy atom. The predicted molar refractivity (Wildman–Crippen MR) is 87.5 cm³/mol. The number of fused-ring (bicyclic) bond motifs is 1. The van der Waals surface area contributed by atoms with E-state index in [1.807, 2.05) is 0 Å². The van der Waals surface area contributed by atoms with E-state index in [2.05, 4.69) is 10.6 Å². The first-order valence-electron chi connectivity index (χ1n) is 7.61. The maximum absolute atomic E-state index is 13.0. The van der Waals surface area contributed by atoms with Crippen LogP contribution >= 0.6 is 0 Å². The van der Waals surface area contributed by atoms with Crippen molar-refractivity contribution in [2.75, 3.05) is 25.3 Å². The molecule has 0 saturated heterocycles. The minimum Gasteiger partial charge on any atom is -0.491 e. The van der Waals surface area contributed by atoms with Crippen molar-refractivity contribution in [1.82, 2.24) is 5.32 Å². The van der Waals surface area contributed by atoms with Crippen LogP contribution in [0.25, 0.3) is 0 Å². The molecule has 3 N–H and O–H groups in total. The summed E-state index contributed by atoms with van der Waals surface area (Å²) >= 11 is 0. The summed E-state index contributed by atoms with van der Waals surface area (Å²) in [5.41, 5.74) is 0.323. The van der Waals surface area contributed by atoms with Gasteiger partial charge < -0.3 is 30.0 Å². The van der Waals surface area contributed by atoms with Crippen LogP contribution in [-0.4, -0.2) is 37.2 Å². The van der Waals surface area contributed by atoms with Crippen LogP contribution in [-0.2, 0) is 0 Å². The van der Waals surface area contributed by atoms with E-state index in [0.717, 1.165) is 0 Å². The van der Waals surface area contributed by atoms with Crippen LogP contribution in [0, 0.1) is 5.82 Å². The third-order valence-corrected chi connectivity index (χ3v) is 3.37. The molecule has 1 aliphatic heterocycles. The van der Waals surface area contributed by atoms with Gasteiger partial charge in [-0.05, 0) is 30.3 Å². The molecule has 0 aromatic heterocycles. The second-order valence-electron chi connectivity index (χ2n) is 5.33. The Balaban J connectivity index is 1.40. The molecule has 1 aliphatic rings. The maximum Gasteiger partial charge on any atom is 0.319 e. The monoisotopic (exact) mass is 348 g/mol. The minimum atomic E-state index is -0.913. The molecule has 7 nitrogen and oxygen atoms in total. The molecule has 2 amide bonds. The van der Waals surface area contributed by atoms with Crippen molar-refractivity contribution < 1.29 is 28.5 Å². The highest BCUT2D eigenvalue weighted by molar-refractivity contribution is 5.89. The fourth-order valence-corrected chi connectivity index (χ4v) is 2.17.